The van der Waals surface area contributed by atoms with Gasteiger partial charge in [-0.25, -0.2) is 4.98 Å². The van der Waals surface area contributed by atoms with Crippen molar-refractivity contribution in [3.63, 3.8) is 0 Å². The highest BCUT2D eigenvalue weighted by Gasteiger charge is 2.42. The lowest BCUT2D eigenvalue weighted by Crippen LogP contribution is -2.28. The second kappa shape index (κ2) is 7.23. The van der Waals surface area contributed by atoms with E-state index in [1.54, 1.807) is 24.3 Å². The lowest BCUT2D eigenvalue weighted by molar-refractivity contribution is 0.175. The van der Waals surface area contributed by atoms with Crippen molar-refractivity contribution < 1.29 is 14.2 Å². The van der Waals surface area contributed by atoms with Crippen molar-refractivity contribution in [1.82, 2.24) is 9.88 Å². The second-order valence-electron chi connectivity index (χ2n) is 7.73. The Labute approximate surface area is 153 Å². The van der Waals surface area contributed by atoms with Crippen LogP contribution in [0.3, 0.4) is 0 Å². The van der Waals surface area contributed by atoms with E-state index >= 15 is 0 Å². The maximum atomic E-state index is 13.7. The summed E-state index contributed by atoms with van der Waals surface area (Å²) in [5.41, 5.74) is 1.26. The van der Waals surface area contributed by atoms with Crippen molar-refractivity contribution in [3.8, 4) is 11.5 Å². The predicted molar refractivity (Wildman–Crippen MR) is 97.8 cm³/mol. The molecule has 2 unspecified atom stereocenters. The standard InChI is InChI=1S/C21H25FN2O2/c1-14(15-4-6-18(25)7-5-15)11-24-12-16-9-19(10-17(16)13-24)26-20-3-2-8-23-21(20)22/h2-8,14,16-17,19,25H,9-13H2,1H3/t14?,16-,17+,19?. The number of likely N-dealkylation sites (tertiary alicyclic amines) is 1. The summed E-state index contributed by atoms with van der Waals surface area (Å²) in [5.74, 6) is 1.77. The van der Waals surface area contributed by atoms with Gasteiger partial charge in [-0.2, -0.15) is 4.39 Å². The number of ether oxygens (including phenoxy) is 1. The molecule has 1 aromatic heterocycles. The summed E-state index contributed by atoms with van der Waals surface area (Å²) in [7, 11) is 0. The Kier molecular flexibility index (Phi) is 4.81. The molecule has 26 heavy (non-hydrogen) atoms. The van der Waals surface area contributed by atoms with Crippen LogP contribution in [0.4, 0.5) is 4.39 Å². The van der Waals surface area contributed by atoms with Crippen LogP contribution in [0.1, 0.15) is 31.2 Å². The number of phenols is 1. The molecule has 0 radical (unpaired) electrons. The van der Waals surface area contributed by atoms with E-state index in [0.717, 1.165) is 32.5 Å². The Bertz CT molecular complexity index is 738. The van der Waals surface area contributed by atoms with E-state index in [0.29, 0.717) is 23.5 Å². The molecule has 0 bridgehead atoms. The predicted octanol–water partition coefficient (Wildman–Crippen LogP) is 3.82. The summed E-state index contributed by atoms with van der Waals surface area (Å²) in [4.78, 5) is 6.19. The smallest absolute Gasteiger partial charge is 0.255 e. The molecule has 4 rings (SSSR count). The van der Waals surface area contributed by atoms with E-state index in [4.69, 9.17) is 4.74 Å². The Morgan fingerprint density at radius 3 is 2.54 bits per heavy atom. The van der Waals surface area contributed by atoms with E-state index in [1.807, 2.05) is 12.1 Å². The van der Waals surface area contributed by atoms with Gasteiger partial charge in [0.2, 0.25) is 0 Å². The number of pyridine rings is 1. The minimum absolute atomic E-state index is 0.0976. The number of aromatic nitrogens is 1. The van der Waals surface area contributed by atoms with Gasteiger partial charge in [0, 0.05) is 25.8 Å². The highest BCUT2D eigenvalue weighted by atomic mass is 19.1. The van der Waals surface area contributed by atoms with E-state index in [9.17, 15) is 9.50 Å². The maximum Gasteiger partial charge on any atom is 0.255 e. The van der Waals surface area contributed by atoms with Crippen LogP contribution in [0.2, 0.25) is 0 Å². The molecule has 4 atom stereocenters. The van der Waals surface area contributed by atoms with Crippen molar-refractivity contribution in [1.29, 1.82) is 0 Å². The summed E-state index contributed by atoms with van der Waals surface area (Å²) < 4.78 is 19.5. The molecule has 2 aromatic rings. The quantitative estimate of drug-likeness (QED) is 0.828. The first kappa shape index (κ1) is 17.3. The zero-order chi connectivity index (χ0) is 18.1. The number of benzene rings is 1. The maximum absolute atomic E-state index is 13.7. The normalized spacial score (nSPS) is 26.6. The molecule has 1 aromatic carbocycles. The van der Waals surface area contributed by atoms with Gasteiger partial charge >= 0.3 is 0 Å². The number of hydrogen-bond donors (Lipinski definition) is 1. The molecular weight excluding hydrogens is 331 g/mol. The second-order valence-corrected chi connectivity index (χ2v) is 7.73. The van der Waals surface area contributed by atoms with Gasteiger partial charge in [0.1, 0.15) is 5.75 Å². The van der Waals surface area contributed by atoms with Gasteiger partial charge in [0.15, 0.2) is 5.75 Å². The number of aromatic hydroxyl groups is 1. The number of fused-ring (bicyclic) bond motifs is 1. The Balaban J connectivity index is 1.29. The van der Waals surface area contributed by atoms with Gasteiger partial charge in [-0.05, 0) is 60.4 Å². The first-order chi connectivity index (χ1) is 12.6. The first-order valence-electron chi connectivity index (χ1n) is 9.37. The van der Waals surface area contributed by atoms with Gasteiger partial charge < -0.3 is 14.7 Å². The fourth-order valence-corrected chi connectivity index (χ4v) is 4.52. The number of rotatable bonds is 5. The molecule has 4 nitrogen and oxygen atoms in total. The fraction of sp³-hybridized carbons (Fsp3) is 0.476. The minimum atomic E-state index is -0.520. The van der Waals surface area contributed by atoms with E-state index in [2.05, 4.69) is 16.8 Å². The highest BCUT2D eigenvalue weighted by Crippen LogP contribution is 2.40. The Morgan fingerprint density at radius 2 is 1.88 bits per heavy atom. The molecule has 0 amide bonds. The van der Waals surface area contributed by atoms with Crippen LogP contribution in [-0.4, -0.2) is 40.7 Å². The van der Waals surface area contributed by atoms with Gasteiger partial charge in [-0.1, -0.05) is 19.1 Å². The average Bonchev–Trinajstić information content (AvgIpc) is 3.15. The number of phenolic OH excluding ortho intramolecular Hbond substituents is 1. The molecule has 2 aliphatic rings. The summed E-state index contributed by atoms with van der Waals surface area (Å²) in [6.07, 6.45) is 3.52. The van der Waals surface area contributed by atoms with E-state index < -0.39 is 5.95 Å². The molecule has 1 aliphatic heterocycles. The zero-order valence-corrected chi connectivity index (χ0v) is 15.0. The van der Waals surface area contributed by atoms with Crippen LogP contribution in [0, 0.1) is 17.8 Å². The first-order valence-corrected chi connectivity index (χ1v) is 9.37. The third kappa shape index (κ3) is 3.68. The van der Waals surface area contributed by atoms with Gasteiger partial charge in [0.05, 0.1) is 6.10 Å². The van der Waals surface area contributed by atoms with Crippen LogP contribution in [0.15, 0.2) is 42.6 Å². The summed E-state index contributed by atoms with van der Waals surface area (Å²) in [5, 5.41) is 9.43. The lowest BCUT2D eigenvalue weighted by Gasteiger charge is -2.23. The molecule has 0 spiro atoms. The highest BCUT2D eigenvalue weighted by molar-refractivity contribution is 5.28. The largest absolute Gasteiger partial charge is 0.508 e. The van der Waals surface area contributed by atoms with Crippen molar-refractivity contribution in [2.75, 3.05) is 19.6 Å². The molecule has 1 aliphatic carbocycles. The molecule has 1 saturated heterocycles. The number of hydrogen-bond acceptors (Lipinski definition) is 4. The fourth-order valence-electron chi connectivity index (χ4n) is 4.52. The van der Waals surface area contributed by atoms with Crippen molar-refractivity contribution >= 4 is 0 Å². The topological polar surface area (TPSA) is 45.6 Å². The third-order valence-corrected chi connectivity index (χ3v) is 5.80. The van der Waals surface area contributed by atoms with E-state index in [-0.39, 0.29) is 11.9 Å². The minimum Gasteiger partial charge on any atom is -0.508 e. The lowest BCUT2D eigenvalue weighted by atomic mass is 10.0. The number of halogens is 1. The molecule has 2 fully saturated rings. The van der Waals surface area contributed by atoms with Crippen molar-refractivity contribution in [2.24, 2.45) is 11.8 Å². The van der Waals surface area contributed by atoms with Crippen LogP contribution in [0.25, 0.3) is 0 Å². The molecule has 1 N–H and O–H groups in total. The summed E-state index contributed by atoms with van der Waals surface area (Å²) in [6.45, 7) is 5.43. The van der Waals surface area contributed by atoms with Gasteiger partial charge in [-0.15, -0.1) is 0 Å². The van der Waals surface area contributed by atoms with Crippen molar-refractivity contribution in [3.05, 3.63) is 54.1 Å². The Morgan fingerprint density at radius 1 is 1.19 bits per heavy atom. The van der Waals surface area contributed by atoms with Gasteiger partial charge in [-0.3, -0.25) is 0 Å². The zero-order valence-electron chi connectivity index (χ0n) is 15.0. The van der Waals surface area contributed by atoms with Crippen LogP contribution >= 0.6 is 0 Å². The molecule has 5 heteroatoms. The molecule has 138 valence electrons. The molecule has 1 saturated carbocycles. The average molecular weight is 356 g/mol. The monoisotopic (exact) mass is 356 g/mol. The van der Waals surface area contributed by atoms with Crippen LogP contribution in [-0.2, 0) is 0 Å². The Hall–Kier alpha value is -2.14. The summed E-state index contributed by atoms with van der Waals surface area (Å²) >= 11 is 0. The van der Waals surface area contributed by atoms with Crippen LogP contribution < -0.4 is 4.74 Å². The molecule has 2 heterocycles. The van der Waals surface area contributed by atoms with Gasteiger partial charge in [0.25, 0.3) is 5.95 Å². The summed E-state index contributed by atoms with van der Waals surface area (Å²) in [6, 6.07) is 10.9. The third-order valence-electron chi connectivity index (χ3n) is 5.80. The van der Waals surface area contributed by atoms with Crippen molar-refractivity contribution in [2.45, 2.75) is 31.8 Å². The SMILES string of the molecule is CC(CN1C[C@H]2CC(Oc3cccnc3F)C[C@H]2C1)c1ccc(O)cc1. The molecular formula is C21H25FN2O2. The van der Waals surface area contributed by atoms with Crippen LogP contribution in [0.5, 0.6) is 11.5 Å². The number of nitrogens with zero attached hydrogens (tertiary/aromatic N) is 2. The van der Waals surface area contributed by atoms with E-state index in [1.165, 1.54) is 11.8 Å².